The Morgan fingerprint density at radius 3 is 2.56 bits per heavy atom. The molecule has 1 aliphatic rings. The van der Waals surface area contributed by atoms with Crippen LogP contribution in [0.1, 0.15) is 12.5 Å². The molecule has 1 saturated heterocycles. The fourth-order valence-corrected chi connectivity index (χ4v) is 3.66. The second-order valence-corrected chi connectivity index (χ2v) is 8.03. The summed E-state index contributed by atoms with van der Waals surface area (Å²) in [7, 11) is 0. The average molecular weight is 448 g/mol. The molecule has 1 aliphatic heterocycles. The van der Waals surface area contributed by atoms with E-state index in [0.29, 0.717) is 11.3 Å². The van der Waals surface area contributed by atoms with Crippen molar-refractivity contribution in [3.8, 4) is 0 Å². The summed E-state index contributed by atoms with van der Waals surface area (Å²) in [6.45, 7) is 1.28. The normalized spacial score (nSPS) is 19.1. The van der Waals surface area contributed by atoms with E-state index in [9.17, 15) is 14.4 Å². The van der Waals surface area contributed by atoms with Gasteiger partial charge in [0.25, 0.3) is 5.91 Å². The topological polar surface area (TPSA) is 78.5 Å². The van der Waals surface area contributed by atoms with Gasteiger partial charge >= 0.3 is 6.03 Å². The number of hydrogen-bond acceptors (Lipinski definition) is 4. The fourth-order valence-electron chi connectivity index (χ4n) is 2.85. The molecule has 0 radical (unpaired) electrons. The van der Waals surface area contributed by atoms with E-state index in [0.717, 1.165) is 14.3 Å². The third kappa shape index (κ3) is 4.01. The Labute approximate surface area is 169 Å². The van der Waals surface area contributed by atoms with Crippen LogP contribution in [0.2, 0.25) is 0 Å². The number of halogens is 1. The van der Waals surface area contributed by atoms with Crippen molar-refractivity contribution in [3.63, 3.8) is 0 Å². The number of imide groups is 1. The third-order valence-electron chi connectivity index (χ3n) is 4.35. The minimum absolute atomic E-state index is 0.349. The second-order valence-electron chi connectivity index (χ2n) is 6.23. The van der Waals surface area contributed by atoms with E-state index in [2.05, 4.69) is 26.6 Å². The molecule has 1 fully saturated rings. The Morgan fingerprint density at radius 1 is 1.22 bits per heavy atom. The molecule has 0 saturated carbocycles. The molecule has 2 aromatic carbocycles. The van der Waals surface area contributed by atoms with Gasteiger partial charge in [0.1, 0.15) is 12.1 Å². The number of nitrogens with zero attached hydrogens (tertiary/aromatic N) is 1. The summed E-state index contributed by atoms with van der Waals surface area (Å²) in [5.74, 6) is -0.896. The van der Waals surface area contributed by atoms with E-state index in [1.807, 2.05) is 24.5 Å². The van der Waals surface area contributed by atoms with Gasteiger partial charge in [-0.1, -0.05) is 28.1 Å². The Morgan fingerprint density at radius 2 is 1.93 bits per heavy atom. The van der Waals surface area contributed by atoms with Gasteiger partial charge in [-0.15, -0.1) is 11.8 Å². The Bertz CT molecular complexity index is 903. The molecule has 3 rings (SSSR count). The zero-order valence-corrected chi connectivity index (χ0v) is 17.2. The predicted octanol–water partition coefficient (Wildman–Crippen LogP) is 3.58. The number of anilines is 1. The summed E-state index contributed by atoms with van der Waals surface area (Å²) in [6.07, 6.45) is 1.97. The summed E-state index contributed by atoms with van der Waals surface area (Å²) in [6, 6.07) is 13.9. The van der Waals surface area contributed by atoms with Gasteiger partial charge in [0, 0.05) is 15.1 Å². The van der Waals surface area contributed by atoms with E-state index in [-0.39, 0.29) is 6.54 Å². The molecule has 4 amide bonds. The highest BCUT2D eigenvalue weighted by molar-refractivity contribution is 9.10. The first-order valence-corrected chi connectivity index (χ1v) is 10.2. The van der Waals surface area contributed by atoms with Crippen LogP contribution in [-0.4, -0.2) is 35.5 Å². The van der Waals surface area contributed by atoms with Crippen molar-refractivity contribution in [1.29, 1.82) is 0 Å². The molecular formula is C19H18BrN3O3S. The van der Waals surface area contributed by atoms with E-state index in [1.165, 1.54) is 0 Å². The van der Waals surface area contributed by atoms with Crippen molar-refractivity contribution in [2.75, 3.05) is 18.1 Å². The molecule has 2 aromatic rings. The quantitative estimate of drug-likeness (QED) is 0.542. The summed E-state index contributed by atoms with van der Waals surface area (Å²) < 4.78 is 0.799. The second kappa shape index (κ2) is 7.74. The van der Waals surface area contributed by atoms with Crippen LogP contribution in [0.4, 0.5) is 10.5 Å². The molecule has 8 heteroatoms. The summed E-state index contributed by atoms with van der Waals surface area (Å²) in [5, 5.41) is 5.40. The van der Waals surface area contributed by atoms with Crippen LogP contribution in [0.5, 0.6) is 0 Å². The molecule has 0 aliphatic carbocycles. The Balaban J connectivity index is 1.72. The van der Waals surface area contributed by atoms with E-state index < -0.39 is 23.4 Å². The van der Waals surface area contributed by atoms with Gasteiger partial charge in [0.15, 0.2) is 0 Å². The first-order valence-electron chi connectivity index (χ1n) is 8.17. The SMILES string of the molecule is CSc1ccc(NC(=O)CN2C(=O)NC(C)(c3cccc(Br)c3)C2=O)cc1. The van der Waals surface area contributed by atoms with Crippen molar-refractivity contribution in [2.45, 2.75) is 17.4 Å². The number of carbonyl (C=O) groups is 3. The number of rotatable bonds is 5. The lowest BCUT2D eigenvalue weighted by Crippen LogP contribution is -2.42. The summed E-state index contributed by atoms with van der Waals surface area (Å²) >= 11 is 4.97. The first-order chi connectivity index (χ1) is 12.8. The molecule has 0 aromatic heterocycles. The monoisotopic (exact) mass is 447 g/mol. The first kappa shape index (κ1) is 19.4. The maximum atomic E-state index is 12.9. The van der Waals surface area contributed by atoms with Gasteiger partial charge in [-0.05, 0) is 55.1 Å². The standard InChI is InChI=1S/C19H18BrN3O3S/c1-19(12-4-3-5-13(20)10-12)17(25)23(18(26)22-19)11-16(24)21-14-6-8-15(27-2)9-7-14/h3-10H,11H2,1-2H3,(H,21,24)(H,22,26). The molecule has 1 atom stereocenters. The summed E-state index contributed by atoms with van der Waals surface area (Å²) in [5.41, 5.74) is 0.0478. The molecule has 27 heavy (non-hydrogen) atoms. The highest BCUT2D eigenvalue weighted by Crippen LogP contribution is 2.30. The number of nitrogens with one attached hydrogen (secondary N) is 2. The maximum Gasteiger partial charge on any atom is 0.325 e. The number of benzene rings is 2. The largest absolute Gasteiger partial charge is 0.325 e. The number of hydrogen-bond donors (Lipinski definition) is 2. The fraction of sp³-hybridized carbons (Fsp3) is 0.211. The van der Waals surface area contributed by atoms with Crippen LogP contribution in [0.3, 0.4) is 0 Å². The molecule has 6 nitrogen and oxygen atoms in total. The molecule has 1 heterocycles. The maximum absolute atomic E-state index is 12.9. The van der Waals surface area contributed by atoms with Crippen molar-refractivity contribution in [2.24, 2.45) is 0 Å². The highest BCUT2D eigenvalue weighted by atomic mass is 79.9. The molecular weight excluding hydrogens is 430 g/mol. The minimum atomic E-state index is -1.21. The lowest BCUT2D eigenvalue weighted by atomic mass is 9.92. The Hall–Kier alpha value is -2.32. The number of urea groups is 1. The lowest BCUT2D eigenvalue weighted by Gasteiger charge is -2.22. The molecule has 0 bridgehead atoms. The molecule has 2 N–H and O–H groups in total. The number of carbonyl (C=O) groups excluding carboxylic acids is 3. The van der Waals surface area contributed by atoms with Crippen LogP contribution < -0.4 is 10.6 Å². The predicted molar refractivity (Wildman–Crippen MR) is 109 cm³/mol. The van der Waals surface area contributed by atoms with Gasteiger partial charge in [-0.2, -0.15) is 0 Å². The van der Waals surface area contributed by atoms with Crippen LogP contribution in [0, 0.1) is 0 Å². The van der Waals surface area contributed by atoms with Crippen molar-refractivity contribution in [3.05, 3.63) is 58.6 Å². The minimum Gasteiger partial charge on any atom is -0.325 e. The van der Waals surface area contributed by atoms with Gasteiger partial charge in [0.05, 0.1) is 0 Å². The van der Waals surface area contributed by atoms with Crippen LogP contribution in [0.25, 0.3) is 0 Å². The summed E-state index contributed by atoms with van der Waals surface area (Å²) in [4.78, 5) is 39.5. The number of amides is 4. The zero-order valence-electron chi connectivity index (χ0n) is 14.8. The third-order valence-corrected chi connectivity index (χ3v) is 5.59. The zero-order chi connectivity index (χ0) is 19.6. The van der Waals surface area contributed by atoms with Gasteiger partial charge in [-0.3, -0.25) is 14.5 Å². The van der Waals surface area contributed by atoms with Gasteiger partial charge < -0.3 is 10.6 Å². The van der Waals surface area contributed by atoms with E-state index >= 15 is 0 Å². The van der Waals surface area contributed by atoms with Crippen molar-refractivity contribution < 1.29 is 14.4 Å². The van der Waals surface area contributed by atoms with E-state index in [1.54, 1.807) is 49.0 Å². The van der Waals surface area contributed by atoms with Crippen molar-refractivity contribution >= 4 is 51.2 Å². The van der Waals surface area contributed by atoms with Gasteiger partial charge in [0.2, 0.25) is 5.91 Å². The average Bonchev–Trinajstić information content (AvgIpc) is 2.86. The van der Waals surface area contributed by atoms with Gasteiger partial charge in [-0.25, -0.2) is 4.79 Å². The highest BCUT2D eigenvalue weighted by Gasteiger charge is 2.49. The van der Waals surface area contributed by atoms with Crippen LogP contribution >= 0.6 is 27.7 Å². The van der Waals surface area contributed by atoms with Crippen LogP contribution in [-0.2, 0) is 15.1 Å². The molecule has 140 valence electrons. The van der Waals surface area contributed by atoms with Crippen LogP contribution in [0.15, 0.2) is 57.9 Å². The smallest absolute Gasteiger partial charge is 0.325 e. The molecule has 1 unspecified atom stereocenters. The molecule has 0 spiro atoms. The number of thioether (sulfide) groups is 1. The van der Waals surface area contributed by atoms with Crippen molar-refractivity contribution in [1.82, 2.24) is 10.2 Å². The lowest BCUT2D eigenvalue weighted by molar-refractivity contribution is -0.133. The van der Waals surface area contributed by atoms with E-state index in [4.69, 9.17) is 0 Å². The Kier molecular flexibility index (Phi) is 5.57.